The summed E-state index contributed by atoms with van der Waals surface area (Å²) >= 11 is 0. The monoisotopic (exact) mass is 316 g/mol. The van der Waals surface area contributed by atoms with Gasteiger partial charge in [-0.1, -0.05) is 6.08 Å². The summed E-state index contributed by atoms with van der Waals surface area (Å²) in [5.74, 6) is 1.41. The third kappa shape index (κ3) is 5.46. The van der Waals surface area contributed by atoms with Gasteiger partial charge >= 0.3 is 13.3 Å². The predicted molar refractivity (Wildman–Crippen MR) is 80.7 cm³/mol. The number of allylic oxidation sites excluding steroid dienone is 1. The fraction of sp³-hybridized carbons (Fsp3) is 0.538. The maximum Gasteiger partial charge on any atom is 0.353 e. The second kappa shape index (κ2) is 8.12. The van der Waals surface area contributed by atoms with Crippen molar-refractivity contribution in [2.45, 2.75) is 33.7 Å². The summed E-state index contributed by atoms with van der Waals surface area (Å²) in [7, 11) is -3.20. The molecule has 0 atom stereocenters. The van der Waals surface area contributed by atoms with Gasteiger partial charge < -0.3 is 13.6 Å². The van der Waals surface area contributed by atoms with E-state index in [0.717, 1.165) is 0 Å². The molecule has 0 aliphatic heterocycles. The number of aromatic amines is 1. The van der Waals surface area contributed by atoms with Crippen molar-refractivity contribution >= 4 is 7.60 Å². The van der Waals surface area contributed by atoms with E-state index in [1.165, 1.54) is 16.6 Å². The van der Waals surface area contributed by atoms with E-state index in [1.807, 2.05) is 0 Å². The number of hydrogen-bond acceptors (Lipinski definition) is 5. The molecule has 0 amide bonds. The minimum absolute atomic E-state index is 0.292. The average Bonchev–Trinajstić information content (AvgIpc) is 2.41. The van der Waals surface area contributed by atoms with Crippen LogP contribution in [0.25, 0.3) is 0 Å². The van der Waals surface area contributed by atoms with Crippen LogP contribution in [0.5, 0.6) is 0 Å². The van der Waals surface area contributed by atoms with Gasteiger partial charge in [0, 0.05) is 24.1 Å². The van der Waals surface area contributed by atoms with Crippen LogP contribution in [-0.4, -0.2) is 22.8 Å². The molecule has 0 fully saturated rings. The first kappa shape index (κ1) is 17.6. The van der Waals surface area contributed by atoms with E-state index in [2.05, 4.69) is 4.98 Å². The highest BCUT2D eigenvalue weighted by Crippen LogP contribution is 2.49. The molecular weight excluding hydrogens is 295 g/mol. The van der Waals surface area contributed by atoms with E-state index < -0.39 is 13.3 Å². The largest absolute Gasteiger partial charge is 0.353 e. The van der Waals surface area contributed by atoms with Crippen LogP contribution in [0.3, 0.4) is 0 Å². The zero-order valence-electron chi connectivity index (χ0n) is 12.5. The number of aryl methyl sites for hydroxylation is 2. The molecule has 1 N–H and O–H groups in total. The zero-order valence-corrected chi connectivity index (χ0v) is 13.4. The summed E-state index contributed by atoms with van der Waals surface area (Å²) < 4.78 is 23.8. The van der Waals surface area contributed by atoms with Gasteiger partial charge in [0.1, 0.15) is 0 Å². The first-order chi connectivity index (χ1) is 9.91. The van der Waals surface area contributed by atoms with Crippen molar-refractivity contribution in [2.24, 2.45) is 0 Å². The maximum absolute atomic E-state index is 12.1. The van der Waals surface area contributed by atoms with E-state index >= 15 is 0 Å². The molecule has 0 bridgehead atoms. The number of aromatic nitrogens is 2. The third-order valence-electron chi connectivity index (χ3n) is 2.63. The molecule has 21 heavy (non-hydrogen) atoms. The molecule has 0 saturated carbocycles. The second-order valence-electron chi connectivity index (χ2n) is 4.31. The van der Waals surface area contributed by atoms with Gasteiger partial charge in [0.2, 0.25) is 0 Å². The Bertz CT molecular complexity index is 637. The number of rotatable bonds is 8. The topological polar surface area (TPSA) is 90.4 Å². The summed E-state index contributed by atoms with van der Waals surface area (Å²) in [6.07, 6.45) is 3.62. The molecule has 0 aromatic carbocycles. The highest BCUT2D eigenvalue weighted by Gasteiger charge is 2.18. The molecule has 0 aliphatic carbocycles. The van der Waals surface area contributed by atoms with Crippen LogP contribution >= 0.6 is 7.60 Å². The van der Waals surface area contributed by atoms with Crippen molar-refractivity contribution in [3.63, 3.8) is 0 Å². The van der Waals surface area contributed by atoms with Gasteiger partial charge in [-0.3, -0.25) is 14.3 Å². The van der Waals surface area contributed by atoms with Gasteiger partial charge in [0.15, 0.2) is 0 Å². The van der Waals surface area contributed by atoms with Gasteiger partial charge in [-0.2, -0.15) is 0 Å². The molecule has 8 heteroatoms. The lowest BCUT2D eigenvalue weighted by Gasteiger charge is -2.12. The van der Waals surface area contributed by atoms with E-state index in [-0.39, 0.29) is 5.56 Å². The fourth-order valence-corrected chi connectivity index (χ4v) is 3.06. The molecular formula is C13H21N2O5P. The Morgan fingerprint density at radius 1 is 1.29 bits per heavy atom. The van der Waals surface area contributed by atoms with Gasteiger partial charge in [-0.25, -0.2) is 4.79 Å². The normalized spacial score (nSPS) is 12.1. The molecule has 0 radical (unpaired) electrons. The van der Waals surface area contributed by atoms with Crippen LogP contribution in [0, 0.1) is 6.92 Å². The molecule has 1 aromatic rings. The zero-order chi connectivity index (χ0) is 15.9. The Morgan fingerprint density at radius 3 is 2.48 bits per heavy atom. The lowest BCUT2D eigenvalue weighted by atomic mass is 10.3. The summed E-state index contributed by atoms with van der Waals surface area (Å²) in [6.45, 7) is 6.05. The van der Waals surface area contributed by atoms with Crippen LogP contribution in [0.1, 0.15) is 25.8 Å². The first-order valence-corrected chi connectivity index (χ1v) is 8.40. The first-order valence-electron chi connectivity index (χ1n) is 6.78. The summed E-state index contributed by atoms with van der Waals surface area (Å²) in [5, 5.41) is 0. The molecule has 0 spiro atoms. The molecule has 1 heterocycles. The lowest BCUT2D eigenvalue weighted by Crippen LogP contribution is -2.30. The number of H-pyrrole nitrogens is 1. The molecule has 0 aliphatic rings. The second-order valence-corrected chi connectivity index (χ2v) is 6.21. The van der Waals surface area contributed by atoms with Gasteiger partial charge in [0.05, 0.1) is 13.2 Å². The van der Waals surface area contributed by atoms with Gasteiger partial charge in [-0.15, -0.1) is 0 Å². The van der Waals surface area contributed by atoms with Gasteiger partial charge in [0.25, 0.3) is 5.56 Å². The van der Waals surface area contributed by atoms with Gasteiger partial charge in [-0.05, 0) is 27.2 Å². The average molecular weight is 316 g/mol. The molecule has 0 unspecified atom stereocenters. The SMILES string of the molecule is CCOP(=O)(/C=C/CCn1cc(C)c(=O)[nH]c1=O)OCC. The summed E-state index contributed by atoms with van der Waals surface area (Å²) in [4.78, 5) is 25.0. The van der Waals surface area contributed by atoms with E-state index in [9.17, 15) is 14.2 Å². The Hall–Kier alpha value is -1.43. The molecule has 1 rings (SSSR count). The Labute approximate surface area is 123 Å². The lowest BCUT2D eigenvalue weighted by molar-refractivity contribution is 0.229. The van der Waals surface area contributed by atoms with Crippen molar-refractivity contribution < 1.29 is 13.6 Å². The number of nitrogens with zero attached hydrogens (tertiary/aromatic N) is 1. The molecule has 7 nitrogen and oxygen atoms in total. The molecule has 1 aromatic heterocycles. The quantitative estimate of drug-likeness (QED) is 0.741. The minimum Gasteiger partial charge on any atom is -0.306 e. The van der Waals surface area contributed by atoms with E-state index in [0.29, 0.717) is 31.7 Å². The number of hydrogen-bond donors (Lipinski definition) is 1. The fourth-order valence-electron chi connectivity index (χ4n) is 1.69. The Balaban J connectivity index is 2.70. The van der Waals surface area contributed by atoms with Crippen molar-refractivity contribution in [3.8, 4) is 0 Å². The van der Waals surface area contributed by atoms with Crippen LogP contribution in [0.15, 0.2) is 27.7 Å². The standard InChI is InChI=1S/C13H21N2O5P/c1-4-19-21(18,20-5-2)9-7-6-8-15-10-11(3)12(16)14-13(15)17/h7,9-10H,4-6,8H2,1-3H3,(H,14,16,17)/b9-7+. The third-order valence-corrected chi connectivity index (χ3v) is 4.44. The van der Waals surface area contributed by atoms with Crippen LogP contribution < -0.4 is 11.2 Å². The Kier molecular flexibility index (Phi) is 6.81. The van der Waals surface area contributed by atoms with Crippen LogP contribution in [0.2, 0.25) is 0 Å². The highest BCUT2D eigenvalue weighted by molar-refractivity contribution is 7.57. The predicted octanol–water partition coefficient (Wildman–Crippen LogP) is 2.01. The van der Waals surface area contributed by atoms with Crippen LogP contribution in [-0.2, 0) is 20.2 Å². The highest BCUT2D eigenvalue weighted by atomic mass is 31.2. The molecule has 0 saturated heterocycles. The van der Waals surface area contributed by atoms with Crippen molar-refractivity contribution in [3.05, 3.63) is 44.5 Å². The smallest absolute Gasteiger partial charge is 0.306 e. The number of nitrogens with one attached hydrogen (secondary N) is 1. The van der Waals surface area contributed by atoms with E-state index in [1.54, 1.807) is 26.8 Å². The van der Waals surface area contributed by atoms with Crippen molar-refractivity contribution in [1.29, 1.82) is 0 Å². The maximum atomic E-state index is 12.1. The summed E-state index contributed by atoms with van der Waals surface area (Å²) in [5.41, 5.74) is -0.381. The van der Waals surface area contributed by atoms with E-state index in [4.69, 9.17) is 9.05 Å². The molecule has 118 valence electrons. The minimum atomic E-state index is -3.20. The van der Waals surface area contributed by atoms with Crippen molar-refractivity contribution in [1.82, 2.24) is 9.55 Å². The summed E-state index contributed by atoms with van der Waals surface area (Å²) in [6, 6.07) is 0. The van der Waals surface area contributed by atoms with Crippen molar-refractivity contribution in [2.75, 3.05) is 13.2 Å². The van der Waals surface area contributed by atoms with Crippen LogP contribution in [0.4, 0.5) is 0 Å². The Morgan fingerprint density at radius 2 is 1.90 bits per heavy atom.